The first-order valence-corrected chi connectivity index (χ1v) is 10.0. The van der Waals surface area contributed by atoms with Gasteiger partial charge in [0, 0.05) is 11.6 Å². The Labute approximate surface area is 185 Å². The molecule has 32 heavy (non-hydrogen) atoms. The summed E-state index contributed by atoms with van der Waals surface area (Å²) in [5.74, 6) is -0.640. The second-order valence-corrected chi connectivity index (χ2v) is 6.66. The van der Waals surface area contributed by atoms with Crippen LogP contribution in [-0.4, -0.2) is 41.4 Å². The second kappa shape index (κ2) is 13.6. The van der Waals surface area contributed by atoms with E-state index < -0.39 is 24.0 Å². The van der Waals surface area contributed by atoms with Gasteiger partial charge in [-0.1, -0.05) is 36.4 Å². The molecule has 3 amide bonds. The molecule has 2 aromatic carbocycles. The lowest BCUT2D eigenvalue weighted by molar-refractivity contribution is -0.124. The first-order chi connectivity index (χ1) is 15.5. The Morgan fingerprint density at radius 3 is 2.41 bits per heavy atom. The number of amides is 3. The highest BCUT2D eigenvalue weighted by Gasteiger charge is 2.19. The summed E-state index contributed by atoms with van der Waals surface area (Å²) in [7, 11) is 0. The Kier molecular flexibility index (Phi) is 10.4. The van der Waals surface area contributed by atoms with Crippen LogP contribution in [0.25, 0.3) is 0 Å². The molecule has 0 aliphatic carbocycles. The number of benzene rings is 2. The van der Waals surface area contributed by atoms with Crippen molar-refractivity contribution in [1.82, 2.24) is 10.8 Å². The molecule has 0 aliphatic rings. The number of carbonyl (C=O) groups is 3. The molecule has 0 fully saturated rings. The van der Waals surface area contributed by atoms with Gasteiger partial charge in [0.05, 0.1) is 6.61 Å². The quantitative estimate of drug-likeness (QED) is 0.182. The summed E-state index contributed by atoms with van der Waals surface area (Å²) < 4.78 is 10.8. The molecule has 9 nitrogen and oxygen atoms in total. The van der Waals surface area contributed by atoms with Crippen LogP contribution in [0.5, 0.6) is 5.75 Å². The number of aliphatic hydroxyl groups excluding tert-OH is 1. The minimum atomic E-state index is -0.875. The van der Waals surface area contributed by atoms with E-state index in [0.29, 0.717) is 36.1 Å². The summed E-state index contributed by atoms with van der Waals surface area (Å²) in [5, 5.41) is 19.6. The molecular weight excluding hydrogens is 416 g/mol. The summed E-state index contributed by atoms with van der Waals surface area (Å²) in [6, 6.07) is 15.2. The van der Waals surface area contributed by atoms with E-state index in [9.17, 15) is 14.4 Å². The lowest BCUT2D eigenvalue weighted by Gasteiger charge is -2.19. The number of carbonyl (C=O) groups excluding carboxylic acids is 3. The summed E-state index contributed by atoms with van der Waals surface area (Å²) in [6.45, 7) is 0.0575. The van der Waals surface area contributed by atoms with Crippen molar-refractivity contribution in [3.05, 3.63) is 77.9 Å². The molecule has 0 radical (unpaired) electrons. The Bertz CT molecular complexity index is 898. The van der Waals surface area contributed by atoms with Crippen LogP contribution in [0.4, 0.5) is 4.79 Å². The first kappa shape index (κ1) is 24.6. The number of allylic oxidation sites excluding steroid dienone is 1. The predicted octanol–water partition coefficient (Wildman–Crippen LogP) is 2.90. The molecule has 170 valence electrons. The van der Waals surface area contributed by atoms with Crippen LogP contribution in [-0.2, 0) is 9.53 Å². The van der Waals surface area contributed by atoms with E-state index in [-0.39, 0.29) is 13.2 Å². The van der Waals surface area contributed by atoms with E-state index in [0.717, 1.165) is 0 Å². The van der Waals surface area contributed by atoms with E-state index in [1.807, 2.05) is 0 Å². The molecule has 1 atom stereocenters. The zero-order chi connectivity index (χ0) is 23.2. The van der Waals surface area contributed by atoms with Gasteiger partial charge in [-0.3, -0.25) is 20.1 Å². The van der Waals surface area contributed by atoms with Gasteiger partial charge in [-0.2, -0.15) is 0 Å². The van der Waals surface area contributed by atoms with Crippen molar-refractivity contribution in [2.45, 2.75) is 25.4 Å². The number of alkyl carbamates (subject to hydrolysis) is 1. The van der Waals surface area contributed by atoms with Crippen LogP contribution in [0.3, 0.4) is 0 Å². The normalized spacial score (nSPS) is 11.6. The van der Waals surface area contributed by atoms with Crippen LogP contribution in [0.15, 0.2) is 66.7 Å². The van der Waals surface area contributed by atoms with E-state index in [2.05, 4.69) is 5.32 Å². The van der Waals surface area contributed by atoms with Gasteiger partial charge in [0.25, 0.3) is 11.8 Å². The number of hydrogen-bond acceptors (Lipinski definition) is 7. The van der Waals surface area contributed by atoms with Gasteiger partial charge in [-0.15, -0.1) is 0 Å². The Hall–Kier alpha value is -3.69. The third kappa shape index (κ3) is 8.58. The first-order valence-electron chi connectivity index (χ1n) is 10.0. The summed E-state index contributed by atoms with van der Waals surface area (Å²) in [6.07, 6.45) is 2.78. The number of unbranched alkanes of at least 4 members (excludes halogenated alkanes) is 1. The fourth-order valence-corrected chi connectivity index (χ4v) is 2.80. The van der Waals surface area contributed by atoms with Crippen molar-refractivity contribution in [2.75, 3.05) is 13.2 Å². The maximum atomic E-state index is 12.3. The molecule has 0 aromatic heterocycles. The minimum Gasteiger partial charge on any atom is -0.491 e. The topological polar surface area (TPSA) is 134 Å². The summed E-state index contributed by atoms with van der Waals surface area (Å²) in [5.41, 5.74) is 2.53. The molecular formula is C23H26N2O7. The van der Waals surface area contributed by atoms with E-state index >= 15 is 0 Å². The Balaban J connectivity index is 2.02. The molecule has 0 saturated heterocycles. The van der Waals surface area contributed by atoms with Crippen molar-refractivity contribution in [3.63, 3.8) is 0 Å². The zero-order valence-corrected chi connectivity index (χ0v) is 17.4. The van der Waals surface area contributed by atoms with Gasteiger partial charge in [0.2, 0.25) is 0 Å². The molecule has 0 saturated carbocycles. The predicted molar refractivity (Wildman–Crippen MR) is 115 cm³/mol. The average molecular weight is 442 g/mol. The lowest BCUT2D eigenvalue weighted by Crippen LogP contribution is -2.32. The van der Waals surface area contributed by atoms with Crippen LogP contribution in [0.2, 0.25) is 0 Å². The van der Waals surface area contributed by atoms with E-state index in [1.165, 1.54) is 11.6 Å². The van der Waals surface area contributed by atoms with E-state index in [1.54, 1.807) is 60.7 Å². The van der Waals surface area contributed by atoms with Crippen molar-refractivity contribution in [2.24, 2.45) is 0 Å². The fourth-order valence-electron chi connectivity index (χ4n) is 2.80. The van der Waals surface area contributed by atoms with Crippen LogP contribution in [0, 0.1) is 0 Å². The lowest BCUT2D eigenvalue weighted by atomic mass is 10.0. The highest BCUT2D eigenvalue weighted by molar-refractivity contribution is 6.02. The van der Waals surface area contributed by atoms with Crippen LogP contribution in [0.1, 0.15) is 41.3 Å². The highest BCUT2D eigenvalue weighted by atomic mass is 16.6. The summed E-state index contributed by atoms with van der Waals surface area (Å²) >= 11 is 0. The molecule has 2 rings (SSSR count). The van der Waals surface area contributed by atoms with Crippen molar-refractivity contribution >= 4 is 17.9 Å². The van der Waals surface area contributed by atoms with Crippen molar-refractivity contribution in [3.8, 4) is 5.75 Å². The third-order valence-corrected chi connectivity index (χ3v) is 4.33. The maximum Gasteiger partial charge on any atom is 0.414 e. The summed E-state index contributed by atoms with van der Waals surface area (Å²) in [4.78, 5) is 35.5. The monoisotopic (exact) mass is 442 g/mol. The van der Waals surface area contributed by atoms with Gasteiger partial charge < -0.3 is 14.6 Å². The average Bonchev–Trinajstić information content (AvgIpc) is 2.82. The Morgan fingerprint density at radius 2 is 1.75 bits per heavy atom. The number of nitrogens with one attached hydrogen (secondary N) is 2. The molecule has 0 aliphatic heterocycles. The van der Waals surface area contributed by atoms with Crippen molar-refractivity contribution < 1.29 is 34.2 Å². The third-order valence-electron chi connectivity index (χ3n) is 4.33. The SMILES string of the molecule is O=C(/C=C/CCC[C@H](OC(=O)NC(=O)c1ccccc1)c1ccc(OCCO)cc1)NO. The molecule has 0 unspecified atom stereocenters. The molecule has 0 heterocycles. The standard InChI is InChI=1S/C23H26N2O7/c26-15-16-31-19-13-11-17(12-14-19)20(9-5-2-6-10-21(27)25-30)32-23(29)24-22(28)18-7-3-1-4-8-18/h1,3-4,6-8,10-14,20,26,30H,2,5,9,15-16H2,(H,25,27)(H,24,28,29)/b10-6+/t20-/m0/s1. The van der Waals surface area contributed by atoms with Gasteiger partial charge in [-0.25, -0.2) is 10.3 Å². The highest BCUT2D eigenvalue weighted by Crippen LogP contribution is 2.26. The second-order valence-electron chi connectivity index (χ2n) is 6.66. The number of ether oxygens (including phenoxy) is 2. The largest absolute Gasteiger partial charge is 0.491 e. The van der Waals surface area contributed by atoms with Crippen LogP contribution < -0.4 is 15.5 Å². The molecule has 4 N–H and O–H groups in total. The molecule has 9 heteroatoms. The number of hydrogen-bond donors (Lipinski definition) is 4. The number of hydroxylamine groups is 1. The van der Waals surface area contributed by atoms with Gasteiger partial charge in [0.15, 0.2) is 0 Å². The number of imide groups is 1. The molecule has 0 spiro atoms. The smallest absolute Gasteiger partial charge is 0.414 e. The van der Waals surface area contributed by atoms with Crippen LogP contribution >= 0.6 is 0 Å². The molecule has 0 bridgehead atoms. The number of rotatable bonds is 11. The van der Waals surface area contributed by atoms with Crippen molar-refractivity contribution in [1.29, 1.82) is 0 Å². The minimum absolute atomic E-state index is 0.106. The molecule has 2 aromatic rings. The Morgan fingerprint density at radius 1 is 1.03 bits per heavy atom. The van der Waals surface area contributed by atoms with Gasteiger partial charge in [0.1, 0.15) is 18.5 Å². The van der Waals surface area contributed by atoms with E-state index in [4.69, 9.17) is 19.8 Å². The fraction of sp³-hybridized carbons (Fsp3) is 0.261. The number of aliphatic hydroxyl groups is 1. The maximum absolute atomic E-state index is 12.3. The zero-order valence-electron chi connectivity index (χ0n) is 17.4. The van der Waals surface area contributed by atoms with Gasteiger partial charge >= 0.3 is 6.09 Å². The van der Waals surface area contributed by atoms with Gasteiger partial charge in [-0.05, 0) is 49.1 Å².